The molecule has 1 aromatic heterocycles. The molecule has 18 heavy (non-hydrogen) atoms. The van der Waals surface area contributed by atoms with Crippen LogP contribution in [-0.2, 0) is 11.2 Å². The number of hydrogen-bond donors (Lipinski definition) is 2. The van der Waals surface area contributed by atoms with E-state index in [-0.39, 0.29) is 5.91 Å². The highest BCUT2D eigenvalue weighted by molar-refractivity contribution is 14.1. The first-order chi connectivity index (χ1) is 8.70. The smallest absolute Gasteiger partial charge is 0.233 e. The molecular weight excluding hydrogens is 359 g/mol. The van der Waals surface area contributed by atoms with Crippen LogP contribution in [0.5, 0.6) is 0 Å². The van der Waals surface area contributed by atoms with E-state index in [9.17, 15) is 4.79 Å². The minimum absolute atomic E-state index is 0.105. The standard InChI is InChI=1S/C13H19IN2OS/c1-2-6-15-13(17)8-16-10-4-3-5-11-9(10)7-12(14)18-11/h7,10,16H,2-6,8H2,1H3,(H,15,17). The molecule has 1 atom stereocenters. The first-order valence-electron chi connectivity index (χ1n) is 6.49. The third-order valence-corrected chi connectivity index (χ3v) is 5.14. The van der Waals surface area contributed by atoms with E-state index in [1.165, 1.54) is 26.2 Å². The summed E-state index contributed by atoms with van der Waals surface area (Å²) in [6.45, 7) is 3.26. The van der Waals surface area contributed by atoms with Gasteiger partial charge in [0.15, 0.2) is 0 Å². The zero-order valence-corrected chi connectivity index (χ0v) is 13.6. The average molecular weight is 378 g/mol. The normalized spacial score (nSPS) is 18.4. The molecule has 0 aromatic carbocycles. The quantitative estimate of drug-likeness (QED) is 0.774. The molecule has 2 N–H and O–H groups in total. The van der Waals surface area contributed by atoms with E-state index in [1.54, 1.807) is 0 Å². The van der Waals surface area contributed by atoms with Crippen LogP contribution >= 0.6 is 33.9 Å². The monoisotopic (exact) mass is 378 g/mol. The van der Waals surface area contributed by atoms with Gasteiger partial charge in [-0.15, -0.1) is 11.3 Å². The second-order valence-corrected chi connectivity index (χ2v) is 7.64. The number of aryl methyl sites for hydroxylation is 1. The van der Waals surface area contributed by atoms with E-state index in [0.717, 1.165) is 19.4 Å². The Morgan fingerprint density at radius 1 is 1.61 bits per heavy atom. The van der Waals surface area contributed by atoms with Crippen LogP contribution in [0.1, 0.15) is 42.7 Å². The third kappa shape index (κ3) is 3.68. The molecule has 5 heteroatoms. The zero-order chi connectivity index (χ0) is 13.0. The predicted molar refractivity (Wildman–Crippen MR) is 84.0 cm³/mol. The van der Waals surface area contributed by atoms with Crippen LogP contribution in [0.15, 0.2) is 6.07 Å². The van der Waals surface area contributed by atoms with Gasteiger partial charge in [0.1, 0.15) is 0 Å². The van der Waals surface area contributed by atoms with Crippen LogP contribution in [0.3, 0.4) is 0 Å². The maximum Gasteiger partial charge on any atom is 0.233 e. The molecule has 0 saturated carbocycles. The molecule has 1 amide bonds. The van der Waals surface area contributed by atoms with Gasteiger partial charge in [0.25, 0.3) is 0 Å². The van der Waals surface area contributed by atoms with E-state index in [1.807, 2.05) is 11.3 Å². The van der Waals surface area contributed by atoms with Crippen molar-refractivity contribution < 1.29 is 4.79 Å². The Morgan fingerprint density at radius 2 is 2.44 bits per heavy atom. The summed E-state index contributed by atoms with van der Waals surface area (Å²) in [5.41, 5.74) is 1.42. The number of carbonyl (C=O) groups excluding carboxylic acids is 1. The highest BCUT2D eigenvalue weighted by Crippen LogP contribution is 2.36. The Hall–Kier alpha value is -0.140. The minimum Gasteiger partial charge on any atom is -0.355 e. The van der Waals surface area contributed by atoms with Crippen LogP contribution in [-0.4, -0.2) is 19.0 Å². The molecule has 1 heterocycles. The number of hydrogen-bond acceptors (Lipinski definition) is 3. The summed E-state index contributed by atoms with van der Waals surface area (Å²) in [4.78, 5) is 13.1. The van der Waals surface area contributed by atoms with Crippen molar-refractivity contribution in [2.45, 2.75) is 38.6 Å². The van der Waals surface area contributed by atoms with Gasteiger partial charge in [-0.3, -0.25) is 4.79 Å². The van der Waals surface area contributed by atoms with E-state index in [2.05, 4.69) is 46.2 Å². The SMILES string of the molecule is CCCNC(=O)CNC1CCCc2sc(I)cc21. The van der Waals surface area contributed by atoms with E-state index < -0.39 is 0 Å². The molecule has 3 nitrogen and oxygen atoms in total. The number of amides is 1. The molecule has 0 spiro atoms. The Kier molecular flexibility index (Phi) is 5.44. The second kappa shape index (κ2) is 6.86. The lowest BCUT2D eigenvalue weighted by Gasteiger charge is -2.23. The molecule has 0 fully saturated rings. The van der Waals surface area contributed by atoms with Crippen molar-refractivity contribution in [2.24, 2.45) is 0 Å². The maximum atomic E-state index is 11.6. The summed E-state index contributed by atoms with van der Waals surface area (Å²) in [7, 11) is 0. The Bertz CT molecular complexity index is 419. The van der Waals surface area contributed by atoms with Gasteiger partial charge >= 0.3 is 0 Å². The van der Waals surface area contributed by atoms with E-state index in [0.29, 0.717) is 12.6 Å². The fraction of sp³-hybridized carbons (Fsp3) is 0.615. The number of rotatable bonds is 5. The Labute approximate surface area is 126 Å². The van der Waals surface area contributed by atoms with Crippen molar-refractivity contribution in [3.05, 3.63) is 19.4 Å². The van der Waals surface area contributed by atoms with Crippen LogP contribution in [0.2, 0.25) is 0 Å². The number of carbonyl (C=O) groups is 1. The predicted octanol–water partition coefficient (Wildman–Crippen LogP) is 2.85. The van der Waals surface area contributed by atoms with Gasteiger partial charge in [-0.1, -0.05) is 6.92 Å². The molecule has 100 valence electrons. The van der Waals surface area contributed by atoms with Crippen molar-refractivity contribution in [3.63, 3.8) is 0 Å². The fourth-order valence-corrected chi connectivity index (χ4v) is 4.40. The number of halogens is 1. The van der Waals surface area contributed by atoms with Crippen molar-refractivity contribution in [2.75, 3.05) is 13.1 Å². The molecule has 0 saturated heterocycles. The van der Waals surface area contributed by atoms with Crippen LogP contribution in [0.25, 0.3) is 0 Å². The molecule has 0 bridgehead atoms. The Balaban J connectivity index is 1.89. The summed E-state index contributed by atoms with van der Waals surface area (Å²) in [6.07, 6.45) is 4.55. The molecule has 1 unspecified atom stereocenters. The minimum atomic E-state index is 0.105. The lowest BCUT2D eigenvalue weighted by Crippen LogP contribution is -2.36. The molecule has 1 aliphatic carbocycles. The van der Waals surface area contributed by atoms with E-state index in [4.69, 9.17) is 0 Å². The summed E-state index contributed by atoms with van der Waals surface area (Å²) < 4.78 is 1.35. The number of thiophene rings is 1. The summed E-state index contributed by atoms with van der Waals surface area (Å²) >= 11 is 4.27. The molecule has 0 radical (unpaired) electrons. The fourth-order valence-electron chi connectivity index (χ4n) is 2.28. The average Bonchev–Trinajstić information content (AvgIpc) is 2.74. The van der Waals surface area contributed by atoms with Gasteiger partial charge in [-0.25, -0.2) is 0 Å². The van der Waals surface area contributed by atoms with Gasteiger partial charge in [-0.2, -0.15) is 0 Å². The van der Waals surface area contributed by atoms with Gasteiger partial charge in [0, 0.05) is 17.5 Å². The number of fused-ring (bicyclic) bond motifs is 1. The molecule has 2 rings (SSSR count). The summed E-state index contributed by atoms with van der Waals surface area (Å²) in [5.74, 6) is 0.105. The highest BCUT2D eigenvalue weighted by atomic mass is 127. The van der Waals surface area contributed by atoms with Crippen molar-refractivity contribution in [1.82, 2.24) is 10.6 Å². The first-order valence-corrected chi connectivity index (χ1v) is 8.38. The van der Waals surface area contributed by atoms with Gasteiger partial charge in [-0.05, 0) is 59.9 Å². The summed E-state index contributed by atoms with van der Waals surface area (Å²) in [6, 6.07) is 2.63. The van der Waals surface area contributed by atoms with Crippen molar-refractivity contribution in [3.8, 4) is 0 Å². The zero-order valence-electron chi connectivity index (χ0n) is 10.6. The van der Waals surface area contributed by atoms with Crippen molar-refractivity contribution >= 4 is 39.8 Å². The van der Waals surface area contributed by atoms with Gasteiger partial charge in [0.2, 0.25) is 5.91 Å². The lowest BCUT2D eigenvalue weighted by molar-refractivity contribution is -0.120. The molecule has 0 aliphatic heterocycles. The topological polar surface area (TPSA) is 41.1 Å². The maximum absolute atomic E-state index is 11.6. The third-order valence-electron chi connectivity index (χ3n) is 3.16. The largest absolute Gasteiger partial charge is 0.355 e. The molecule has 1 aromatic rings. The van der Waals surface area contributed by atoms with Crippen LogP contribution in [0.4, 0.5) is 0 Å². The van der Waals surface area contributed by atoms with E-state index >= 15 is 0 Å². The summed E-state index contributed by atoms with van der Waals surface area (Å²) in [5, 5.41) is 6.29. The van der Waals surface area contributed by atoms with Crippen molar-refractivity contribution in [1.29, 1.82) is 0 Å². The number of nitrogens with one attached hydrogen (secondary N) is 2. The van der Waals surface area contributed by atoms with Gasteiger partial charge in [0.05, 0.1) is 9.43 Å². The second-order valence-electron chi connectivity index (χ2n) is 4.60. The highest BCUT2D eigenvalue weighted by Gasteiger charge is 2.22. The van der Waals surface area contributed by atoms with Crippen LogP contribution < -0.4 is 10.6 Å². The first kappa shape index (κ1) is 14.3. The Morgan fingerprint density at radius 3 is 3.22 bits per heavy atom. The van der Waals surface area contributed by atoms with Crippen LogP contribution in [0, 0.1) is 2.88 Å². The van der Waals surface area contributed by atoms with Gasteiger partial charge < -0.3 is 10.6 Å². The lowest BCUT2D eigenvalue weighted by atomic mass is 9.94. The molecular formula is C13H19IN2OS. The molecule has 1 aliphatic rings.